The minimum atomic E-state index is 0.602. The Hall–Kier alpha value is -0.0400. The molecule has 2 aliphatic rings. The van der Waals surface area contributed by atoms with Crippen LogP contribution in [0.3, 0.4) is 0 Å². The van der Waals surface area contributed by atoms with Crippen molar-refractivity contribution in [1.82, 2.24) is 5.32 Å². The van der Waals surface area contributed by atoms with Crippen LogP contribution in [0.4, 0.5) is 0 Å². The molecule has 0 unspecified atom stereocenters. The first-order chi connectivity index (χ1) is 5.66. The van der Waals surface area contributed by atoms with Crippen LogP contribution < -0.4 is 5.32 Å². The Bertz CT molecular complexity index is 158. The van der Waals surface area contributed by atoms with Gasteiger partial charge in [-0.1, -0.05) is 20.3 Å². The number of rotatable bonds is 2. The second-order valence-electron chi connectivity index (χ2n) is 5.40. The summed E-state index contributed by atoms with van der Waals surface area (Å²) in [6.45, 7) is 4.82. The van der Waals surface area contributed by atoms with E-state index in [9.17, 15) is 0 Å². The second-order valence-corrected chi connectivity index (χ2v) is 5.40. The van der Waals surface area contributed by atoms with Crippen LogP contribution in [0, 0.1) is 5.41 Å². The van der Waals surface area contributed by atoms with Crippen molar-refractivity contribution >= 4 is 0 Å². The molecule has 0 aromatic rings. The summed E-state index contributed by atoms with van der Waals surface area (Å²) in [5.74, 6) is 0. The third-order valence-electron chi connectivity index (χ3n) is 3.25. The van der Waals surface area contributed by atoms with Crippen LogP contribution in [-0.4, -0.2) is 12.1 Å². The monoisotopic (exact) mass is 167 g/mol. The molecular weight excluding hydrogens is 146 g/mol. The van der Waals surface area contributed by atoms with Gasteiger partial charge in [0, 0.05) is 12.1 Å². The van der Waals surface area contributed by atoms with Crippen molar-refractivity contribution < 1.29 is 0 Å². The van der Waals surface area contributed by atoms with Gasteiger partial charge in [0.2, 0.25) is 0 Å². The van der Waals surface area contributed by atoms with Crippen LogP contribution in [0.15, 0.2) is 0 Å². The predicted octanol–water partition coefficient (Wildman–Crippen LogP) is 2.71. The lowest BCUT2D eigenvalue weighted by molar-refractivity contribution is 0.197. The molecule has 0 bridgehead atoms. The summed E-state index contributed by atoms with van der Waals surface area (Å²) in [5.41, 5.74) is 0.602. The van der Waals surface area contributed by atoms with Crippen molar-refractivity contribution in [2.45, 2.75) is 64.5 Å². The minimum absolute atomic E-state index is 0.602. The van der Waals surface area contributed by atoms with Crippen molar-refractivity contribution in [3.05, 3.63) is 0 Å². The van der Waals surface area contributed by atoms with E-state index in [4.69, 9.17) is 0 Å². The highest BCUT2D eigenvalue weighted by Crippen LogP contribution is 2.36. The van der Waals surface area contributed by atoms with E-state index in [2.05, 4.69) is 19.2 Å². The maximum absolute atomic E-state index is 3.75. The van der Waals surface area contributed by atoms with Gasteiger partial charge in [-0.3, -0.25) is 0 Å². The topological polar surface area (TPSA) is 12.0 Å². The van der Waals surface area contributed by atoms with Gasteiger partial charge in [-0.2, -0.15) is 0 Å². The third-order valence-corrected chi connectivity index (χ3v) is 3.25. The van der Waals surface area contributed by atoms with E-state index in [0.717, 1.165) is 12.1 Å². The molecule has 0 saturated heterocycles. The molecule has 0 radical (unpaired) electrons. The highest BCUT2D eigenvalue weighted by molar-refractivity contribution is 4.89. The van der Waals surface area contributed by atoms with Gasteiger partial charge in [0.05, 0.1) is 0 Å². The summed E-state index contributed by atoms with van der Waals surface area (Å²) >= 11 is 0. The first kappa shape index (κ1) is 8.55. The van der Waals surface area contributed by atoms with E-state index in [-0.39, 0.29) is 0 Å². The second kappa shape index (κ2) is 3.02. The Morgan fingerprint density at radius 1 is 1.08 bits per heavy atom. The molecule has 70 valence electrons. The van der Waals surface area contributed by atoms with Gasteiger partial charge in [-0.25, -0.2) is 0 Å². The largest absolute Gasteiger partial charge is 0.311 e. The predicted molar refractivity (Wildman–Crippen MR) is 52.2 cm³/mol. The average molecular weight is 167 g/mol. The standard InChI is InChI=1S/C11H21N/c1-11(2)7-3-4-10(8-11)12-9-5-6-9/h9-10,12H,3-8H2,1-2H3/t10-/m1/s1. The first-order valence-corrected chi connectivity index (χ1v) is 5.42. The summed E-state index contributed by atoms with van der Waals surface area (Å²) in [7, 11) is 0. The van der Waals surface area contributed by atoms with Crippen molar-refractivity contribution in [2.75, 3.05) is 0 Å². The van der Waals surface area contributed by atoms with Gasteiger partial charge in [0.15, 0.2) is 0 Å². The maximum atomic E-state index is 3.75. The molecule has 2 saturated carbocycles. The molecule has 1 atom stereocenters. The van der Waals surface area contributed by atoms with Gasteiger partial charge in [-0.05, 0) is 37.5 Å². The van der Waals surface area contributed by atoms with Crippen molar-refractivity contribution in [2.24, 2.45) is 5.41 Å². The third kappa shape index (κ3) is 2.22. The smallest absolute Gasteiger partial charge is 0.00747 e. The molecule has 0 heterocycles. The van der Waals surface area contributed by atoms with E-state index in [0.29, 0.717) is 5.41 Å². The number of nitrogens with one attached hydrogen (secondary N) is 1. The molecule has 2 rings (SSSR count). The van der Waals surface area contributed by atoms with Gasteiger partial charge in [0.1, 0.15) is 0 Å². The SMILES string of the molecule is CC1(C)CCC[C@@H](NC2CC2)C1. The van der Waals surface area contributed by atoms with E-state index in [1.54, 1.807) is 0 Å². The number of hydrogen-bond acceptors (Lipinski definition) is 1. The lowest BCUT2D eigenvalue weighted by atomic mass is 9.75. The van der Waals surface area contributed by atoms with Crippen molar-refractivity contribution in [3.63, 3.8) is 0 Å². The highest BCUT2D eigenvalue weighted by atomic mass is 15.0. The zero-order valence-corrected chi connectivity index (χ0v) is 8.40. The zero-order chi connectivity index (χ0) is 8.60. The fraction of sp³-hybridized carbons (Fsp3) is 1.00. The molecule has 0 aromatic carbocycles. The zero-order valence-electron chi connectivity index (χ0n) is 8.40. The Morgan fingerprint density at radius 2 is 1.83 bits per heavy atom. The fourth-order valence-corrected chi connectivity index (χ4v) is 2.42. The van der Waals surface area contributed by atoms with Crippen LogP contribution in [-0.2, 0) is 0 Å². The normalized spacial score (nSPS) is 35.0. The van der Waals surface area contributed by atoms with E-state index in [1.165, 1.54) is 38.5 Å². The quantitative estimate of drug-likeness (QED) is 0.667. The molecule has 1 heteroatoms. The summed E-state index contributed by atoms with van der Waals surface area (Å²) in [4.78, 5) is 0. The Balaban J connectivity index is 1.81. The lowest BCUT2D eigenvalue weighted by Crippen LogP contribution is -2.38. The Labute approximate surface area is 75.9 Å². The van der Waals surface area contributed by atoms with Crippen LogP contribution in [0.25, 0.3) is 0 Å². The molecular formula is C11H21N. The van der Waals surface area contributed by atoms with E-state index < -0.39 is 0 Å². The van der Waals surface area contributed by atoms with Gasteiger partial charge in [-0.15, -0.1) is 0 Å². The van der Waals surface area contributed by atoms with E-state index >= 15 is 0 Å². The molecule has 0 spiro atoms. The molecule has 12 heavy (non-hydrogen) atoms. The van der Waals surface area contributed by atoms with Gasteiger partial charge in [0.25, 0.3) is 0 Å². The summed E-state index contributed by atoms with van der Waals surface area (Å²) < 4.78 is 0. The number of hydrogen-bond donors (Lipinski definition) is 1. The van der Waals surface area contributed by atoms with Crippen molar-refractivity contribution in [3.8, 4) is 0 Å². The summed E-state index contributed by atoms with van der Waals surface area (Å²) in [6.07, 6.45) is 8.52. The molecule has 2 fully saturated rings. The van der Waals surface area contributed by atoms with Crippen molar-refractivity contribution in [1.29, 1.82) is 0 Å². The minimum Gasteiger partial charge on any atom is -0.311 e. The molecule has 1 N–H and O–H groups in total. The van der Waals surface area contributed by atoms with Gasteiger partial charge < -0.3 is 5.32 Å². The lowest BCUT2D eigenvalue weighted by Gasteiger charge is -2.35. The summed E-state index contributed by atoms with van der Waals surface area (Å²) in [5, 5.41) is 3.75. The molecule has 2 aliphatic carbocycles. The fourth-order valence-electron chi connectivity index (χ4n) is 2.42. The van der Waals surface area contributed by atoms with Crippen LogP contribution in [0.5, 0.6) is 0 Å². The molecule has 0 aliphatic heterocycles. The Morgan fingerprint density at radius 3 is 2.42 bits per heavy atom. The van der Waals surface area contributed by atoms with Crippen LogP contribution >= 0.6 is 0 Å². The highest BCUT2D eigenvalue weighted by Gasteiger charge is 2.31. The van der Waals surface area contributed by atoms with Crippen LogP contribution in [0.1, 0.15) is 52.4 Å². The average Bonchev–Trinajstić information content (AvgIpc) is 2.69. The summed E-state index contributed by atoms with van der Waals surface area (Å²) in [6, 6.07) is 1.73. The van der Waals surface area contributed by atoms with Crippen LogP contribution in [0.2, 0.25) is 0 Å². The first-order valence-electron chi connectivity index (χ1n) is 5.42. The molecule has 1 nitrogen and oxygen atoms in total. The van der Waals surface area contributed by atoms with E-state index in [1.807, 2.05) is 0 Å². The maximum Gasteiger partial charge on any atom is 0.00747 e. The molecule has 0 amide bonds. The Kier molecular flexibility index (Phi) is 2.16. The molecule has 0 aromatic heterocycles. The van der Waals surface area contributed by atoms with Gasteiger partial charge >= 0.3 is 0 Å².